The zero-order chi connectivity index (χ0) is 19.6. The second-order valence-electron chi connectivity index (χ2n) is 7.11. The van der Waals surface area contributed by atoms with Crippen LogP contribution in [0.1, 0.15) is 30.9 Å². The first-order valence-corrected chi connectivity index (χ1v) is 10.6. The highest BCUT2D eigenvalue weighted by atomic mass is 32.2. The Morgan fingerprint density at radius 2 is 1.81 bits per heavy atom. The van der Waals surface area contributed by atoms with Gasteiger partial charge in [-0.2, -0.15) is 4.31 Å². The van der Waals surface area contributed by atoms with E-state index in [9.17, 15) is 8.42 Å². The molecule has 1 saturated heterocycles. The van der Waals surface area contributed by atoms with E-state index in [4.69, 9.17) is 9.26 Å². The van der Waals surface area contributed by atoms with Crippen LogP contribution in [0.4, 0.5) is 0 Å². The summed E-state index contributed by atoms with van der Waals surface area (Å²) in [7, 11) is -3.57. The van der Waals surface area contributed by atoms with Gasteiger partial charge >= 0.3 is 0 Å². The van der Waals surface area contributed by atoms with Crippen LogP contribution in [0, 0.1) is 13.8 Å². The van der Waals surface area contributed by atoms with Crippen molar-refractivity contribution in [3.63, 3.8) is 0 Å². The van der Waals surface area contributed by atoms with Gasteiger partial charge in [0.25, 0.3) is 0 Å². The zero-order valence-electron chi connectivity index (χ0n) is 16.3. The second-order valence-corrected chi connectivity index (χ2v) is 8.98. The number of rotatable bonds is 6. The number of nitrogens with zero attached hydrogens (tertiary/aromatic N) is 3. The first kappa shape index (κ1) is 19.9. The summed E-state index contributed by atoms with van der Waals surface area (Å²) >= 11 is 0. The molecule has 0 unspecified atom stereocenters. The van der Waals surface area contributed by atoms with E-state index in [1.807, 2.05) is 32.0 Å². The van der Waals surface area contributed by atoms with Gasteiger partial charge in [0.2, 0.25) is 10.0 Å². The van der Waals surface area contributed by atoms with E-state index in [0.717, 1.165) is 17.9 Å². The average Bonchev–Trinajstić information content (AvgIpc) is 2.96. The highest BCUT2D eigenvalue weighted by molar-refractivity contribution is 7.89. The molecule has 0 saturated carbocycles. The lowest BCUT2D eigenvalue weighted by Crippen LogP contribution is -2.48. The number of benzene rings is 1. The minimum atomic E-state index is -3.57. The lowest BCUT2D eigenvalue weighted by Gasteiger charge is -2.34. The maximum absolute atomic E-state index is 12.9. The summed E-state index contributed by atoms with van der Waals surface area (Å²) in [4.78, 5) is 2.45. The summed E-state index contributed by atoms with van der Waals surface area (Å²) in [6, 6.07) is 8.01. The van der Waals surface area contributed by atoms with Crippen LogP contribution >= 0.6 is 0 Å². The van der Waals surface area contributed by atoms with Crippen LogP contribution in [-0.2, 0) is 16.6 Å². The van der Waals surface area contributed by atoms with Gasteiger partial charge in [-0.05, 0) is 33.8 Å². The van der Waals surface area contributed by atoms with Crippen LogP contribution in [0.3, 0.4) is 0 Å². The van der Waals surface area contributed by atoms with E-state index in [2.05, 4.69) is 16.1 Å². The summed E-state index contributed by atoms with van der Waals surface area (Å²) < 4.78 is 38.3. The predicted molar refractivity (Wildman–Crippen MR) is 102 cm³/mol. The summed E-state index contributed by atoms with van der Waals surface area (Å²) in [6.45, 7) is 10.3. The molecule has 0 aliphatic carbocycles. The molecule has 1 fully saturated rings. The third-order valence-electron chi connectivity index (χ3n) is 4.63. The zero-order valence-corrected chi connectivity index (χ0v) is 17.1. The van der Waals surface area contributed by atoms with Gasteiger partial charge in [-0.3, -0.25) is 4.90 Å². The number of aromatic nitrogens is 1. The van der Waals surface area contributed by atoms with Crippen molar-refractivity contribution in [3.05, 3.63) is 41.3 Å². The molecule has 2 aromatic rings. The highest BCUT2D eigenvalue weighted by Gasteiger charge is 2.33. The Morgan fingerprint density at radius 3 is 2.41 bits per heavy atom. The molecule has 27 heavy (non-hydrogen) atoms. The highest BCUT2D eigenvalue weighted by Crippen LogP contribution is 2.26. The first-order valence-electron chi connectivity index (χ1n) is 9.19. The van der Waals surface area contributed by atoms with Crippen LogP contribution in [0.5, 0.6) is 5.75 Å². The molecule has 7 nitrogen and oxygen atoms in total. The average molecular weight is 394 g/mol. The number of piperazine rings is 1. The van der Waals surface area contributed by atoms with Crippen molar-refractivity contribution in [2.24, 2.45) is 0 Å². The lowest BCUT2D eigenvalue weighted by molar-refractivity contribution is 0.176. The van der Waals surface area contributed by atoms with Crippen molar-refractivity contribution >= 4 is 10.0 Å². The summed E-state index contributed by atoms with van der Waals surface area (Å²) in [5.74, 6) is 1.23. The largest absolute Gasteiger partial charge is 0.491 e. The fourth-order valence-corrected chi connectivity index (χ4v) is 5.06. The molecule has 0 spiro atoms. The molecule has 3 rings (SSSR count). The Kier molecular flexibility index (Phi) is 5.88. The van der Waals surface area contributed by atoms with Crippen LogP contribution in [0.15, 0.2) is 33.7 Å². The Bertz CT molecular complexity index is 865. The fraction of sp³-hybridized carbons (Fsp3) is 0.526. The molecule has 1 aromatic carbocycles. The van der Waals surface area contributed by atoms with Crippen LogP contribution in [0.2, 0.25) is 0 Å². The van der Waals surface area contributed by atoms with Crippen molar-refractivity contribution in [2.45, 2.75) is 45.2 Å². The third kappa shape index (κ3) is 4.34. The van der Waals surface area contributed by atoms with Gasteiger partial charge in [-0.1, -0.05) is 23.4 Å². The topological polar surface area (TPSA) is 75.9 Å². The van der Waals surface area contributed by atoms with Crippen molar-refractivity contribution < 1.29 is 17.7 Å². The molecule has 148 valence electrons. The number of sulfonamides is 1. The normalized spacial score (nSPS) is 16.8. The maximum atomic E-state index is 12.9. The van der Waals surface area contributed by atoms with Crippen LogP contribution < -0.4 is 4.74 Å². The molecule has 2 heterocycles. The first-order chi connectivity index (χ1) is 12.8. The van der Waals surface area contributed by atoms with E-state index >= 15 is 0 Å². The minimum absolute atomic E-state index is 0.114. The van der Waals surface area contributed by atoms with E-state index in [-0.39, 0.29) is 11.0 Å². The number of hydrogen-bond acceptors (Lipinski definition) is 6. The molecule has 8 heteroatoms. The molecular weight excluding hydrogens is 366 g/mol. The monoisotopic (exact) mass is 393 g/mol. The molecule has 1 aromatic heterocycles. The van der Waals surface area contributed by atoms with E-state index in [1.54, 1.807) is 13.8 Å². The summed E-state index contributed by atoms with van der Waals surface area (Å²) in [5, 5.41) is 3.78. The third-order valence-corrected chi connectivity index (χ3v) is 6.77. The number of para-hydroxylation sites is 1. The van der Waals surface area contributed by atoms with Crippen LogP contribution in [0.25, 0.3) is 0 Å². The molecule has 0 atom stereocenters. The molecular formula is C19H27N3O4S. The van der Waals surface area contributed by atoms with Gasteiger partial charge < -0.3 is 9.26 Å². The Balaban J connectivity index is 1.66. The number of ether oxygens (including phenoxy) is 1. The predicted octanol–water partition coefficient (Wildman–Crippen LogP) is 2.59. The maximum Gasteiger partial charge on any atom is 0.248 e. The molecule has 0 bridgehead atoms. The van der Waals surface area contributed by atoms with Crippen molar-refractivity contribution in [1.82, 2.24) is 14.4 Å². The molecule has 0 amide bonds. The van der Waals surface area contributed by atoms with Crippen molar-refractivity contribution in [3.8, 4) is 5.75 Å². The quantitative estimate of drug-likeness (QED) is 0.751. The van der Waals surface area contributed by atoms with E-state index in [0.29, 0.717) is 37.6 Å². The number of hydrogen-bond donors (Lipinski definition) is 0. The van der Waals surface area contributed by atoms with E-state index in [1.165, 1.54) is 4.31 Å². The SMILES string of the molecule is Cc1noc(C)c1S(=O)(=O)N1CCN(Cc2ccccc2OC(C)C)CC1. The van der Waals surface area contributed by atoms with Gasteiger partial charge in [0.15, 0.2) is 5.76 Å². The Labute approximate surface area is 160 Å². The van der Waals surface area contributed by atoms with E-state index < -0.39 is 10.0 Å². The van der Waals surface area contributed by atoms with Gasteiger partial charge in [0.1, 0.15) is 16.3 Å². The molecule has 0 radical (unpaired) electrons. The van der Waals surface area contributed by atoms with Gasteiger partial charge in [0.05, 0.1) is 6.10 Å². The summed E-state index contributed by atoms with van der Waals surface area (Å²) in [5.41, 5.74) is 1.53. The van der Waals surface area contributed by atoms with Gasteiger partial charge in [-0.25, -0.2) is 8.42 Å². The lowest BCUT2D eigenvalue weighted by atomic mass is 10.1. The standard InChI is InChI=1S/C19H27N3O4S/c1-14(2)25-18-8-6-5-7-17(18)13-21-9-11-22(12-10-21)27(23,24)19-15(3)20-26-16(19)4/h5-8,14H,9-13H2,1-4H3. The van der Waals surface area contributed by atoms with Crippen LogP contribution in [-0.4, -0.2) is 55.1 Å². The molecule has 1 aliphatic rings. The fourth-order valence-electron chi connectivity index (χ4n) is 3.34. The van der Waals surface area contributed by atoms with Crippen molar-refractivity contribution in [2.75, 3.05) is 26.2 Å². The molecule has 0 N–H and O–H groups in total. The van der Waals surface area contributed by atoms with Gasteiger partial charge in [-0.15, -0.1) is 0 Å². The minimum Gasteiger partial charge on any atom is -0.491 e. The smallest absolute Gasteiger partial charge is 0.248 e. The summed E-state index contributed by atoms with van der Waals surface area (Å²) in [6.07, 6.45) is 0.114. The Morgan fingerprint density at radius 1 is 1.15 bits per heavy atom. The van der Waals surface area contributed by atoms with Crippen molar-refractivity contribution in [1.29, 1.82) is 0 Å². The Hall–Kier alpha value is -1.90. The van der Waals surface area contributed by atoms with Gasteiger partial charge in [0, 0.05) is 38.3 Å². The second kappa shape index (κ2) is 8.00. The number of aryl methyl sites for hydroxylation is 2. The molecule has 1 aliphatic heterocycles.